The summed E-state index contributed by atoms with van der Waals surface area (Å²) in [5.74, 6) is -0.234. The van der Waals surface area contributed by atoms with Crippen LogP contribution in [0.1, 0.15) is 18.1 Å². The highest BCUT2D eigenvalue weighted by Gasteiger charge is 2.13. The molecule has 1 aromatic carbocycles. The smallest absolute Gasteiger partial charge is 0.272 e. The molecule has 0 spiro atoms. The fraction of sp³-hybridized carbons (Fsp3) is 0.417. The molecule has 1 N–H and O–H groups in total. The van der Waals surface area contributed by atoms with Crippen molar-refractivity contribution in [2.45, 2.75) is 20.4 Å². The SMILES string of the molecule is CCOCC(=O)NCc1cccc([N+](=O)[O-])c1C. The van der Waals surface area contributed by atoms with Gasteiger partial charge in [-0.2, -0.15) is 0 Å². The third-order valence-corrected chi connectivity index (χ3v) is 2.53. The largest absolute Gasteiger partial charge is 0.372 e. The van der Waals surface area contributed by atoms with Crippen molar-refractivity contribution in [1.29, 1.82) is 0 Å². The Hall–Kier alpha value is -1.95. The van der Waals surface area contributed by atoms with Gasteiger partial charge in [-0.25, -0.2) is 0 Å². The average Bonchev–Trinajstić information content (AvgIpc) is 2.34. The highest BCUT2D eigenvalue weighted by molar-refractivity contribution is 5.77. The van der Waals surface area contributed by atoms with Gasteiger partial charge in [0.1, 0.15) is 6.61 Å². The second-order valence-corrected chi connectivity index (χ2v) is 3.73. The summed E-state index contributed by atoms with van der Waals surface area (Å²) in [6.07, 6.45) is 0. The van der Waals surface area contributed by atoms with E-state index >= 15 is 0 Å². The molecule has 0 bridgehead atoms. The number of nitro groups is 1. The summed E-state index contributed by atoms with van der Waals surface area (Å²) in [4.78, 5) is 21.7. The van der Waals surface area contributed by atoms with E-state index in [4.69, 9.17) is 4.74 Å². The zero-order valence-electron chi connectivity index (χ0n) is 10.4. The first-order valence-corrected chi connectivity index (χ1v) is 5.63. The van der Waals surface area contributed by atoms with Gasteiger partial charge in [0.05, 0.1) is 4.92 Å². The van der Waals surface area contributed by atoms with Crippen LogP contribution in [0.4, 0.5) is 5.69 Å². The van der Waals surface area contributed by atoms with Crippen molar-refractivity contribution in [2.75, 3.05) is 13.2 Å². The van der Waals surface area contributed by atoms with Crippen molar-refractivity contribution >= 4 is 11.6 Å². The van der Waals surface area contributed by atoms with Gasteiger partial charge in [0.15, 0.2) is 0 Å². The molecule has 0 unspecified atom stereocenters. The molecule has 0 saturated heterocycles. The molecule has 1 rings (SSSR count). The number of rotatable bonds is 6. The highest BCUT2D eigenvalue weighted by atomic mass is 16.6. The Morgan fingerprint density at radius 2 is 2.22 bits per heavy atom. The summed E-state index contributed by atoms with van der Waals surface area (Å²) in [6, 6.07) is 4.80. The maximum atomic E-state index is 11.3. The van der Waals surface area contributed by atoms with Crippen LogP contribution in [0.15, 0.2) is 18.2 Å². The first-order valence-electron chi connectivity index (χ1n) is 5.63. The van der Waals surface area contributed by atoms with Crippen molar-refractivity contribution in [2.24, 2.45) is 0 Å². The third kappa shape index (κ3) is 3.81. The van der Waals surface area contributed by atoms with Crippen LogP contribution in [-0.4, -0.2) is 24.0 Å². The molecule has 98 valence electrons. The molecule has 0 aliphatic rings. The Morgan fingerprint density at radius 3 is 2.83 bits per heavy atom. The van der Waals surface area contributed by atoms with Gasteiger partial charge >= 0.3 is 0 Å². The Morgan fingerprint density at radius 1 is 1.50 bits per heavy atom. The number of ether oxygens (including phenoxy) is 1. The maximum absolute atomic E-state index is 11.3. The predicted octanol–water partition coefficient (Wildman–Crippen LogP) is 1.56. The van der Waals surface area contributed by atoms with E-state index in [1.807, 2.05) is 0 Å². The van der Waals surface area contributed by atoms with E-state index in [1.165, 1.54) is 6.07 Å². The molecule has 0 heterocycles. The van der Waals surface area contributed by atoms with Crippen LogP contribution in [0.5, 0.6) is 0 Å². The summed E-state index contributed by atoms with van der Waals surface area (Å²) in [5, 5.41) is 13.4. The summed E-state index contributed by atoms with van der Waals surface area (Å²) in [7, 11) is 0. The standard InChI is InChI=1S/C12H16N2O4/c1-3-18-8-12(15)13-7-10-5-4-6-11(9(10)2)14(16)17/h4-6H,3,7-8H2,1-2H3,(H,13,15). The van der Waals surface area contributed by atoms with Gasteiger partial charge in [0, 0.05) is 24.8 Å². The van der Waals surface area contributed by atoms with Gasteiger partial charge in [-0.1, -0.05) is 12.1 Å². The zero-order valence-corrected chi connectivity index (χ0v) is 10.4. The van der Waals surface area contributed by atoms with E-state index in [2.05, 4.69) is 5.32 Å². The average molecular weight is 252 g/mol. The molecule has 0 saturated carbocycles. The van der Waals surface area contributed by atoms with E-state index in [-0.39, 0.29) is 24.7 Å². The first kappa shape index (κ1) is 14.1. The Bertz CT molecular complexity index is 446. The minimum absolute atomic E-state index is 0.00444. The predicted molar refractivity (Wildman–Crippen MR) is 66.2 cm³/mol. The maximum Gasteiger partial charge on any atom is 0.272 e. The van der Waals surface area contributed by atoms with Crippen molar-refractivity contribution in [1.82, 2.24) is 5.32 Å². The van der Waals surface area contributed by atoms with Crippen LogP contribution in [0.2, 0.25) is 0 Å². The summed E-state index contributed by atoms with van der Waals surface area (Å²) >= 11 is 0. The molecule has 0 fully saturated rings. The molecule has 0 radical (unpaired) electrons. The lowest BCUT2D eigenvalue weighted by atomic mass is 10.1. The lowest BCUT2D eigenvalue weighted by Gasteiger charge is -2.08. The minimum Gasteiger partial charge on any atom is -0.372 e. The molecular weight excluding hydrogens is 236 g/mol. The molecular formula is C12H16N2O4. The first-order chi connectivity index (χ1) is 8.56. The number of nitrogens with one attached hydrogen (secondary N) is 1. The van der Waals surface area contributed by atoms with Crippen LogP contribution < -0.4 is 5.32 Å². The molecule has 1 aromatic rings. The van der Waals surface area contributed by atoms with E-state index in [0.29, 0.717) is 12.2 Å². The highest BCUT2D eigenvalue weighted by Crippen LogP contribution is 2.20. The number of hydrogen-bond donors (Lipinski definition) is 1. The number of carbonyl (C=O) groups is 1. The molecule has 1 amide bonds. The molecule has 18 heavy (non-hydrogen) atoms. The van der Waals surface area contributed by atoms with Crippen molar-refractivity contribution in [3.63, 3.8) is 0 Å². The lowest BCUT2D eigenvalue weighted by Crippen LogP contribution is -2.27. The fourth-order valence-electron chi connectivity index (χ4n) is 1.50. The van der Waals surface area contributed by atoms with E-state index < -0.39 is 4.92 Å². The van der Waals surface area contributed by atoms with Gasteiger partial charge in [-0.3, -0.25) is 14.9 Å². The van der Waals surface area contributed by atoms with Crippen LogP contribution in [0.25, 0.3) is 0 Å². The van der Waals surface area contributed by atoms with Crippen LogP contribution in [0.3, 0.4) is 0 Å². The normalized spacial score (nSPS) is 10.1. The summed E-state index contributed by atoms with van der Waals surface area (Å²) in [5.41, 5.74) is 1.36. The summed E-state index contributed by atoms with van der Waals surface area (Å²) in [6.45, 7) is 4.22. The summed E-state index contributed by atoms with van der Waals surface area (Å²) < 4.78 is 4.96. The number of hydrogen-bond acceptors (Lipinski definition) is 4. The van der Waals surface area contributed by atoms with E-state index in [1.54, 1.807) is 26.0 Å². The second-order valence-electron chi connectivity index (χ2n) is 3.73. The molecule has 0 atom stereocenters. The Labute approximate surface area is 105 Å². The Balaban J connectivity index is 2.65. The van der Waals surface area contributed by atoms with Crippen molar-refractivity contribution in [3.05, 3.63) is 39.4 Å². The number of nitrogens with zero attached hydrogens (tertiary/aromatic N) is 1. The van der Waals surface area contributed by atoms with Crippen LogP contribution >= 0.6 is 0 Å². The van der Waals surface area contributed by atoms with Gasteiger partial charge in [-0.15, -0.1) is 0 Å². The third-order valence-electron chi connectivity index (χ3n) is 2.53. The van der Waals surface area contributed by atoms with Gasteiger partial charge < -0.3 is 10.1 Å². The number of amides is 1. The molecule has 0 aliphatic heterocycles. The quantitative estimate of drug-likeness (QED) is 0.615. The zero-order chi connectivity index (χ0) is 13.5. The van der Waals surface area contributed by atoms with Gasteiger partial charge in [0.2, 0.25) is 5.91 Å². The van der Waals surface area contributed by atoms with Crippen molar-refractivity contribution < 1.29 is 14.5 Å². The van der Waals surface area contributed by atoms with Crippen molar-refractivity contribution in [3.8, 4) is 0 Å². The molecule has 6 nitrogen and oxygen atoms in total. The Kier molecular flexibility index (Phi) is 5.26. The van der Waals surface area contributed by atoms with E-state index in [0.717, 1.165) is 5.56 Å². The van der Waals surface area contributed by atoms with Crippen LogP contribution in [0, 0.1) is 17.0 Å². The number of benzene rings is 1. The molecule has 0 aliphatic carbocycles. The fourth-order valence-corrected chi connectivity index (χ4v) is 1.50. The molecule has 6 heteroatoms. The lowest BCUT2D eigenvalue weighted by molar-refractivity contribution is -0.385. The topological polar surface area (TPSA) is 81.5 Å². The number of nitro benzene ring substituents is 1. The second kappa shape index (κ2) is 6.70. The van der Waals surface area contributed by atoms with Crippen LogP contribution in [-0.2, 0) is 16.1 Å². The van der Waals surface area contributed by atoms with Gasteiger partial charge in [0.25, 0.3) is 5.69 Å². The minimum atomic E-state index is -0.430. The monoisotopic (exact) mass is 252 g/mol. The number of carbonyl (C=O) groups excluding carboxylic acids is 1. The van der Waals surface area contributed by atoms with Gasteiger partial charge in [-0.05, 0) is 19.4 Å². The molecule has 0 aromatic heterocycles. The van der Waals surface area contributed by atoms with E-state index in [9.17, 15) is 14.9 Å².